The van der Waals surface area contributed by atoms with E-state index in [2.05, 4.69) is 42.4 Å². The van der Waals surface area contributed by atoms with Crippen molar-refractivity contribution in [3.8, 4) is 23.1 Å². The third-order valence-electron chi connectivity index (χ3n) is 8.44. The average Bonchev–Trinajstić information content (AvgIpc) is 3.91. The van der Waals surface area contributed by atoms with Gasteiger partial charge in [0.15, 0.2) is 0 Å². The van der Waals surface area contributed by atoms with E-state index in [1.54, 1.807) is 6.20 Å². The molecular weight excluding hydrogens is 576 g/mol. The monoisotopic (exact) mass is 610 g/mol. The number of urea groups is 2. The van der Waals surface area contributed by atoms with E-state index >= 15 is 0 Å². The molecule has 2 aliphatic rings. The number of benzene rings is 3. The van der Waals surface area contributed by atoms with Gasteiger partial charge < -0.3 is 30.4 Å². The second kappa shape index (κ2) is 13.0. The summed E-state index contributed by atoms with van der Waals surface area (Å²) in [6.45, 7) is 1.37. The Bertz CT molecular complexity index is 1870. The molecule has 0 spiro atoms. The first-order valence-corrected chi connectivity index (χ1v) is 15.6. The van der Waals surface area contributed by atoms with Crippen molar-refractivity contribution < 1.29 is 9.59 Å². The molecule has 5 aromatic rings. The first kappa shape index (κ1) is 28.9. The first-order valence-electron chi connectivity index (χ1n) is 15.6. The summed E-state index contributed by atoms with van der Waals surface area (Å²) in [7, 11) is 0. The van der Waals surface area contributed by atoms with Crippen molar-refractivity contribution in [1.29, 1.82) is 0 Å². The molecule has 46 heavy (non-hydrogen) atoms. The molecule has 2 aliphatic heterocycles. The Labute approximate surface area is 267 Å². The van der Waals surface area contributed by atoms with Crippen LogP contribution in [0.1, 0.15) is 60.7 Å². The van der Waals surface area contributed by atoms with E-state index in [4.69, 9.17) is 0 Å². The van der Waals surface area contributed by atoms with Gasteiger partial charge >= 0.3 is 12.1 Å². The number of amides is 4. The Morgan fingerprint density at radius 2 is 1.22 bits per heavy atom. The highest BCUT2D eigenvalue weighted by molar-refractivity contribution is 5.90. The Morgan fingerprint density at radius 3 is 1.80 bits per heavy atom. The lowest BCUT2D eigenvalue weighted by molar-refractivity contribution is 0.204. The number of aromatic amines is 2. The summed E-state index contributed by atoms with van der Waals surface area (Å²) in [4.78, 5) is 45.5. The lowest BCUT2D eigenvalue weighted by Crippen LogP contribution is -2.34. The molecule has 0 unspecified atom stereocenters. The van der Waals surface area contributed by atoms with Crippen molar-refractivity contribution in [2.24, 2.45) is 0 Å². The van der Waals surface area contributed by atoms with Gasteiger partial charge in [0.1, 0.15) is 17.3 Å². The van der Waals surface area contributed by atoms with Gasteiger partial charge in [-0.15, -0.1) is 0 Å². The van der Waals surface area contributed by atoms with Crippen LogP contribution in [0.5, 0.6) is 0 Å². The molecule has 4 heterocycles. The number of anilines is 2. The van der Waals surface area contributed by atoms with Crippen molar-refractivity contribution in [2.75, 3.05) is 23.7 Å². The smallest absolute Gasteiger partial charge is 0.322 e. The summed E-state index contributed by atoms with van der Waals surface area (Å²) >= 11 is 0. The van der Waals surface area contributed by atoms with Crippen LogP contribution in [0.25, 0.3) is 11.3 Å². The predicted molar refractivity (Wildman–Crippen MR) is 177 cm³/mol. The van der Waals surface area contributed by atoms with Crippen LogP contribution in [0.2, 0.25) is 0 Å². The van der Waals surface area contributed by atoms with Crippen LogP contribution in [-0.4, -0.2) is 54.9 Å². The van der Waals surface area contributed by atoms with E-state index in [-0.39, 0.29) is 24.1 Å². The van der Waals surface area contributed by atoms with Crippen LogP contribution in [0, 0.1) is 11.8 Å². The summed E-state index contributed by atoms with van der Waals surface area (Å²) < 4.78 is 0. The van der Waals surface area contributed by atoms with Crippen molar-refractivity contribution >= 4 is 23.4 Å². The van der Waals surface area contributed by atoms with Crippen LogP contribution >= 0.6 is 0 Å². The number of para-hydroxylation sites is 2. The lowest BCUT2D eigenvalue weighted by atomic mass is 10.1. The van der Waals surface area contributed by atoms with Gasteiger partial charge in [0, 0.05) is 30.0 Å². The first-order chi connectivity index (χ1) is 22.6. The standard InChI is InChI=1S/C36H34N8O2/c45-35(40-27-9-3-1-4-10-27)43-21-7-13-31(43)33-37-23-29(39-33)20-17-25-15-18-26(19-16-25)30-24-38-34(42-30)32-14-8-22-44(32)36(46)41-28-11-5-2-6-12-28/h1-6,9-12,15-16,18-19,23-24,31-32H,7-8,13-14,21-22H2,(H,37,39)(H,38,42)(H,40,45)(H,41,46)/t31-,32-/m0/s1. The van der Waals surface area contributed by atoms with Gasteiger partial charge in [-0.05, 0) is 73.6 Å². The van der Waals surface area contributed by atoms with Crippen molar-refractivity contribution in [2.45, 2.75) is 37.8 Å². The normalized spacial score (nSPS) is 17.4. The highest BCUT2D eigenvalue weighted by atomic mass is 16.2. The fourth-order valence-electron chi connectivity index (χ4n) is 6.12. The highest BCUT2D eigenvalue weighted by Gasteiger charge is 2.33. The maximum atomic E-state index is 13.0. The van der Waals surface area contributed by atoms with Crippen molar-refractivity contribution in [1.82, 2.24) is 29.7 Å². The lowest BCUT2D eigenvalue weighted by Gasteiger charge is -2.23. The summed E-state index contributed by atoms with van der Waals surface area (Å²) in [6, 6.07) is 26.5. The maximum Gasteiger partial charge on any atom is 0.322 e. The van der Waals surface area contributed by atoms with Gasteiger partial charge in [0.25, 0.3) is 0 Å². The predicted octanol–water partition coefficient (Wildman–Crippen LogP) is 6.94. The van der Waals surface area contributed by atoms with Gasteiger partial charge in [0.2, 0.25) is 0 Å². The number of likely N-dealkylation sites (tertiary alicyclic amines) is 2. The molecule has 2 fully saturated rings. The Kier molecular flexibility index (Phi) is 8.20. The number of hydrogen-bond acceptors (Lipinski definition) is 4. The van der Waals surface area contributed by atoms with Gasteiger partial charge in [0.05, 0.1) is 30.2 Å². The second-order valence-corrected chi connectivity index (χ2v) is 11.5. The minimum atomic E-state index is -0.128. The number of H-pyrrole nitrogens is 2. The molecule has 0 radical (unpaired) electrons. The summed E-state index contributed by atoms with van der Waals surface area (Å²) in [5.41, 5.74) is 4.99. The number of imidazole rings is 2. The number of hydrogen-bond donors (Lipinski definition) is 4. The van der Waals surface area contributed by atoms with Crippen molar-refractivity contribution in [3.05, 3.63) is 120 Å². The fourth-order valence-corrected chi connectivity index (χ4v) is 6.12. The SMILES string of the molecule is O=C(Nc1ccccc1)N1CCC[C@H]1c1ncc(C#Cc2ccc(-c3cnc([C@@H]4CCCN4C(=O)Nc4ccccc4)[nH]3)cc2)[nH]1. The topological polar surface area (TPSA) is 122 Å². The fraction of sp³-hybridized carbons (Fsp3) is 0.222. The van der Waals surface area contributed by atoms with Gasteiger partial charge in [-0.25, -0.2) is 19.6 Å². The molecule has 0 bridgehead atoms. The van der Waals surface area contributed by atoms with E-state index in [0.717, 1.165) is 65.5 Å². The number of rotatable bonds is 5. The van der Waals surface area contributed by atoms with Gasteiger partial charge in [-0.1, -0.05) is 54.5 Å². The molecule has 4 amide bonds. The number of carbonyl (C=O) groups excluding carboxylic acids is 2. The van der Waals surface area contributed by atoms with Crippen LogP contribution < -0.4 is 10.6 Å². The third kappa shape index (κ3) is 6.35. The van der Waals surface area contributed by atoms with Gasteiger partial charge in [-0.2, -0.15) is 0 Å². The van der Waals surface area contributed by atoms with E-state index in [9.17, 15) is 9.59 Å². The largest absolute Gasteiger partial charge is 0.340 e. The molecule has 0 aliphatic carbocycles. The van der Waals surface area contributed by atoms with E-state index < -0.39 is 0 Å². The molecule has 7 rings (SSSR count). The summed E-state index contributed by atoms with van der Waals surface area (Å²) in [6.07, 6.45) is 7.09. The van der Waals surface area contributed by atoms with Crippen LogP contribution in [0.15, 0.2) is 97.3 Å². The number of carbonyl (C=O) groups is 2. The van der Waals surface area contributed by atoms with E-state index in [0.29, 0.717) is 18.8 Å². The van der Waals surface area contributed by atoms with Crippen molar-refractivity contribution in [3.63, 3.8) is 0 Å². The molecular formula is C36H34N8O2. The maximum absolute atomic E-state index is 13.0. The minimum absolute atomic E-state index is 0.101. The van der Waals surface area contributed by atoms with E-state index in [1.807, 2.05) is 101 Å². The molecule has 10 nitrogen and oxygen atoms in total. The second-order valence-electron chi connectivity index (χ2n) is 11.5. The third-order valence-corrected chi connectivity index (χ3v) is 8.44. The molecule has 4 N–H and O–H groups in total. The average molecular weight is 611 g/mol. The van der Waals surface area contributed by atoms with Crippen LogP contribution in [0.4, 0.5) is 21.0 Å². The Balaban J connectivity index is 0.981. The minimum Gasteiger partial charge on any atom is -0.340 e. The quantitative estimate of drug-likeness (QED) is 0.161. The molecule has 2 saturated heterocycles. The highest BCUT2D eigenvalue weighted by Crippen LogP contribution is 2.33. The zero-order valence-electron chi connectivity index (χ0n) is 25.2. The van der Waals surface area contributed by atoms with Crippen LogP contribution in [0.3, 0.4) is 0 Å². The molecule has 2 aromatic heterocycles. The summed E-state index contributed by atoms with van der Waals surface area (Å²) in [5.74, 6) is 7.91. The molecule has 2 atom stereocenters. The number of nitrogens with one attached hydrogen (secondary N) is 4. The summed E-state index contributed by atoms with van der Waals surface area (Å²) in [5, 5.41) is 5.97. The zero-order chi connectivity index (χ0) is 31.3. The molecule has 10 heteroatoms. The zero-order valence-corrected chi connectivity index (χ0v) is 25.2. The molecule has 230 valence electrons. The Morgan fingerprint density at radius 1 is 0.674 bits per heavy atom. The number of nitrogens with zero attached hydrogens (tertiary/aromatic N) is 4. The molecule has 3 aromatic carbocycles. The number of aromatic nitrogens is 4. The van der Waals surface area contributed by atoms with Gasteiger partial charge in [-0.3, -0.25) is 0 Å². The van der Waals surface area contributed by atoms with E-state index in [1.165, 1.54) is 0 Å². The van der Waals surface area contributed by atoms with Crippen LogP contribution in [-0.2, 0) is 0 Å². The molecule has 0 saturated carbocycles. The Hall–Kier alpha value is -5.82.